The van der Waals surface area contributed by atoms with Crippen molar-refractivity contribution in [2.24, 2.45) is 0 Å². The molecule has 7 heteroatoms. The molecule has 3 aromatic rings. The van der Waals surface area contributed by atoms with E-state index in [0.29, 0.717) is 11.0 Å². The second-order valence-corrected chi connectivity index (χ2v) is 8.70. The number of amides is 1. The number of nitrogen functional groups attached to an aromatic ring is 1. The third kappa shape index (κ3) is 3.83. The van der Waals surface area contributed by atoms with Gasteiger partial charge in [0.1, 0.15) is 15.9 Å². The zero-order chi connectivity index (χ0) is 18.8. The fourth-order valence-electron chi connectivity index (χ4n) is 2.68. The highest BCUT2D eigenvalue weighted by atomic mass is 32.2. The number of carbonyl (C=O) groups is 1. The van der Waals surface area contributed by atoms with Gasteiger partial charge in [0.25, 0.3) is 0 Å². The first-order valence-electron chi connectivity index (χ1n) is 8.42. The quantitative estimate of drug-likeness (QED) is 0.506. The molecule has 1 aromatic carbocycles. The molecule has 0 radical (unpaired) electrons. The molecule has 0 aliphatic rings. The third-order valence-electron chi connectivity index (χ3n) is 4.03. The van der Waals surface area contributed by atoms with Gasteiger partial charge in [-0.15, -0.1) is 11.3 Å². The normalized spacial score (nSPS) is 12.5. The molecular formula is C19H22N4OS2. The predicted molar refractivity (Wildman–Crippen MR) is 110 cm³/mol. The van der Waals surface area contributed by atoms with E-state index >= 15 is 0 Å². The number of rotatable bonds is 5. The molecule has 2 heterocycles. The summed E-state index contributed by atoms with van der Waals surface area (Å²) in [7, 11) is 0. The monoisotopic (exact) mass is 386 g/mol. The maximum absolute atomic E-state index is 12.7. The summed E-state index contributed by atoms with van der Waals surface area (Å²) in [6.45, 7) is 7.98. The molecule has 5 nitrogen and oxygen atoms in total. The Labute approximate surface area is 161 Å². The van der Waals surface area contributed by atoms with Gasteiger partial charge in [-0.2, -0.15) is 0 Å². The first kappa shape index (κ1) is 18.7. The van der Waals surface area contributed by atoms with Crippen LogP contribution in [0, 0.1) is 13.8 Å². The minimum absolute atomic E-state index is 0.0583. The van der Waals surface area contributed by atoms with Crippen LogP contribution >= 0.6 is 23.1 Å². The smallest absolute Gasteiger partial charge is 0.238 e. The Kier molecular flexibility index (Phi) is 5.48. The van der Waals surface area contributed by atoms with E-state index in [0.717, 1.165) is 21.3 Å². The van der Waals surface area contributed by atoms with Crippen molar-refractivity contribution < 1.29 is 4.79 Å². The van der Waals surface area contributed by atoms with Crippen molar-refractivity contribution in [3.8, 4) is 0 Å². The molecule has 0 unspecified atom stereocenters. The van der Waals surface area contributed by atoms with E-state index < -0.39 is 5.25 Å². The lowest BCUT2D eigenvalue weighted by Gasteiger charge is -2.18. The highest BCUT2D eigenvalue weighted by Gasteiger charge is 2.25. The van der Waals surface area contributed by atoms with E-state index in [1.807, 2.05) is 51.1 Å². The van der Waals surface area contributed by atoms with Crippen LogP contribution in [0.1, 0.15) is 35.1 Å². The molecule has 1 amide bonds. The van der Waals surface area contributed by atoms with Crippen molar-refractivity contribution in [2.45, 2.75) is 44.1 Å². The van der Waals surface area contributed by atoms with Crippen LogP contribution in [0.4, 0.5) is 5.82 Å². The van der Waals surface area contributed by atoms with Gasteiger partial charge in [-0.3, -0.25) is 4.79 Å². The van der Waals surface area contributed by atoms with Gasteiger partial charge in [-0.1, -0.05) is 42.1 Å². The Bertz CT molecular complexity index is 938. The van der Waals surface area contributed by atoms with E-state index in [1.165, 1.54) is 16.6 Å². The van der Waals surface area contributed by atoms with Crippen molar-refractivity contribution >= 4 is 45.0 Å². The van der Waals surface area contributed by atoms with Gasteiger partial charge in [-0.05, 0) is 38.8 Å². The molecule has 2 aromatic heterocycles. The van der Waals surface area contributed by atoms with Crippen LogP contribution in [0.25, 0.3) is 10.2 Å². The van der Waals surface area contributed by atoms with Crippen LogP contribution in [0.2, 0.25) is 0 Å². The average molecular weight is 387 g/mol. The number of thiophene rings is 1. The lowest BCUT2D eigenvalue weighted by molar-refractivity contribution is -0.121. The Morgan fingerprint density at radius 2 is 1.88 bits per heavy atom. The lowest BCUT2D eigenvalue weighted by Crippen LogP contribution is -2.33. The highest BCUT2D eigenvalue weighted by molar-refractivity contribution is 8.00. The summed E-state index contributed by atoms with van der Waals surface area (Å²) < 4.78 is 0. The molecule has 0 saturated carbocycles. The van der Waals surface area contributed by atoms with Crippen LogP contribution in [-0.4, -0.2) is 21.9 Å². The molecule has 0 aliphatic carbocycles. The molecule has 3 rings (SSSR count). The Morgan fingerprint density at radius 3 is 2.54 bits per heavy atom. The molecule has 26 heavy (non-hydrogen) atoms. The fourth-order valence-corrected chi connectivity index (χ4v) is 4.75. The van der Waals surface area contributed by atoms with Crippen molar-refractivity contribution in [3.63, 3.8) is 0 Å². The van der Waals surface area contributed by atoms with Gasteiger partial charge in [0.15, 0.2) is 5.16 Å². The molecule has 3 N–H and O–H groups in total. The number of fused-ring (bicyclic) bond motifs is 1. The lowest BCUT2D eigenvalue weighted by atomic mass is 10.1. The molecule has 136 valence electrons. The van der Waals surface area contributed by atoms with Gasteiger partial charge in [0, 0.05) is 10.9 Å². The van der Waals surface area contributed by atoms with Crippen molar-refractivity contribution in [2.75, 3.05) is 5.73 Å². The zero-order valence-electron chi connectivity index (χ0n) is 15.2. The number of carbonyl (C=O) groups excluding carboxylic acids is 1. The van der Waals surface area contributed by atoms with Gasteiger partial charge >= 0.3 is 0 Å². The van der Waals surface area contributed by atoms with Gasteiger partial charge < -0.3 is 11.1 Å². The minimum Gasteiger partial charge on any atom is -0.383 e. The summed E-state index contributed by atoms with van der Waals surface area (Å²) in [4.78, 5) is 23.9. The Balaban J connectivity index is 1.99. The van der Waals surface area contributed by atoms with Crippen LogP contribution < -0.4 is 11.1 Å². The molecule has 0 fully saturated rings. The number of aryl methyl sites for hydroxylation is 2. The molecule has 1 atom stereocenters. The predicted octanol–water partition coefficient (Wildman–Crippen LogP) is 4.25. The fraction of sp³-hybridized carbons (Fsp3) is 0.316. The molecule has 0 aliphatic heterocycles. The van der Waals surface area contributed by atoms with E-state index in [2.05, 4.69) is 22.2 Å². The molecule has 0 spiro atoms. The van der Waals surface area contributed by atoms with Crippen LogP contribution in [0.3, 0.4) is 0 Å². The van der Waals surface area contributed by atoms with E-state index in [-0.39, 0.29) is 11.9 Å². The average Bonchev–Trinajstić information content (AvgIpc) is 2.87. The van der Waals surface area contributed by atoms with Crippen molar-refractivity contribution in [3.05, 3.63) is 46.3 Å². The number of thioether (sulfide) groups is 1. The first-order chi connectivity index (χ1) is 12.4. The van der Waals surface area contributed by atoms with Crippen molar-refractivity contribution in [1.29, 1.82) is 0 Å². The minimum atomic E-state index is -0.433. The summed E-state index contributed by atoms with van der Waals surface area (Å²) in [6, 6.07) is 9.73. The second kappa shape index (κ2) is 7.63. The van der Waals surface area contributed by atoms with Gasteiger partial charge in [0.05, 0.1) is 5.39 Å². The van der Waals surface area contributed by atoms with E-state index in [1.54, 1.807) is 11.3 Å². The van der Waals surface area contributed by atoms with E-state index in [9.17, 15) is 4.79 Å². The van der Waals surface area contributed by atoms with Crippen molar-refractivity contribution in [1.82, 2.24) is 15.3 Å². The number of anilines is 1. The number of aromatic nitrogens is 2. The van der Waals surface area contributed by atoms with Crippen LogP contribution in [0.5, 0.6) is 0 Å². The number of hydrogen-bond donors (Lipinski definition) is 2. The number of nitrogens with one attached hydrogen (secondary N) is 1. The molecule has 0 saturated heterocycles. The number of nitrogens with zero attached hydrogens (tertiary/aromatic N) is 2. The number of benzene rings is 1. The third-order valence-corrected chi connectivity index (χ3v) is 6.25. The maximum atomic E-state index is 12.7. The highest BCUT2D eigenvalue weighted by Crippen LogP contribution is 2.38. The SMILES string of the molecule is Cc1sc2nc(S[C@@H](C(=O)NC(C)C)c3ccccc3)nc(N)c2c1C. The Hall–Kier alpha value is -2.12. The number of nitrogens with two attached hydrogens (primary N) is 1. The second-order valence-electron chi connectivity index (χ2n) is 6.43. The van der Waals surface area contributed by atoms with Gasteiger partial charge in [-0.25, -0.2) is 9.97 Å². The summed E-state index contributed by atoms with van der Waals surface area (Å²) in [5, 5.41) is 3.98. The number of hydrogen-bond acceptors (Lipinski definition) is 6. The largest absolute Gasteiger partial charge is 0.383 e. The molecule has 0 bridgehead atoms. The zero-order valence-corrected chi connectivity index (χ0v) is 16.9. The maximum Gasteiger partial charge on any atom is 0.238 e. The topological polar surface area (TPSA) is 80.9 Å². The summed E-state index contributed by atoms with van der Waals surface area (Å²) in [6.07, 6.45) is 0. The Morgan fingerprint density at radius 1 is 1.19 bits per heavy atom. The van der Waals surface area contributed by atoms with Gasteiger partial charge in [0.2, 0.25) is 5.91 Å². The van der Waals surface area contributed by atoms with E-state index in [4.69, 9.17) is 5.73 Å². The van der Waals surface area contributed by atoms with Crippen LogP contribution in [-0.2, 0) is 4.79 Å². The van der Waals surface area contributed by atoms with Crippen LogP contribution in [0.15, 0.2) is 35.5 Å². The summed E-state index contributed by atoms with van der Waals surface area (Å²) in [5.74, 6) is 0.410. The summed E-state index contributed by atoms with van der Waals surface area (Å²) >= 11 is 2.93. The first-order valence-corrected chi connectivity index (χ1v) is 10.1. The molecular weight excluding hydrogens is 364 g/mol. The standard InChI is InChI=1S/C19H22N4OS2/c1-10(2)21-17(24)15(13-8-6-5-7-9-13)26-19-22-16(20)14-11(3)12(4)25-18(14)23-19/h5-10,15H,1-4H3,(H,21,24)(H2,20,22,23)/t15-/m1/s1. The summed E-state index contributed by atoms with van der Waals surface area (Å²) in [5.41, 5.74) is 8.22.